The lowest BCUT2D eigenvalue weighted by Crippen LogP contribution is -2.76. The highest BCUT2D eigenvalue weighted by atomic mass is 32.2. The maximum absolute atomic E-state index is 2.98. The van der Waals surface area contributed by atoms with Crippen LogP contribution in [0.15, 0.2) is 265 Å². The van der Waals surface area contributed by atoms with Crippen LogP contribution < -0.4 is 20.7 Å². The Labute approximate surface area is 420 Å². The van der Waals surface area contributed by atoms with E-state index in [1.807, 2.05) is 23.1 Å². The van der Waals surface area contributed by atoms with E-state index in [0.29, 0.717) is 0 Å². The fraction of sp³-hybridized carbons (Fsp3) is 0. The first-order valence-electron chi connectivity index (χ1n) is 24.3. The van der Waals surface area contributed by atoms with E-state index in [4.69, 9.17) is 0 Å². The molecule has 0 saturated carbocycles. The minimum absolute atomic E-state index is 1.16. The van der Waals surface area contributed by atoms with Crippen LogP contribution in [0.3, 0.4) is 0 Å². The summed E-state index contributed by atoms with van der Waals surface area (Å²) in [6.45, 7) is 0. The quantitative estimate of drug-likeness (QED) is 0.151. The van der Waals surface area contributed by atoms with Gasteiger partial charge in [-0.1, -0.05) is 200 Å². The monoisotopic (exact) mass is 954 g/mol. The van der Waals surface area contributed by atoms with Crippen LogP contribution in [0.5, 0.6) is 0 Å². The van der Waals surface area contributed by atoms with Crippen LogP contribution >= 0.6 is 23.1 Å². The van der Waals surface area contributed by atoms with Gasteiger partial charge in [-0.2, -0.15) is 0 Å². The Morgan fingerprint density at radius 1 is 0.310 bits per heavy atom. The van der Waals surface area contributed by atoms with Crippen molar-refractivity contribution in [3.05, 3.63) is 255 Å². The van der Waals surface area contributed by atoms with E-state index >= 15 is 0 Å². The number of para-hydroxylation sites is 4. The minimum Gasteiger partial charge on any atom is -0.309 e. The number of benzene rings is 11. The summed E-state index contributed by atoms with van der Waals surface area (Å²) >= 11 is 3.85. The number of hydrogen-bond acceptors (Lipinski definition) is 2. The fourth-order valence-corrected chi connectivity index (χ4v) is 20.3. The van der Waals surface area contributed by atoms with Crippen LogP contribution in [0.25, 0.3) is 97.4 Å². The maximum atomic E-state index is 2.55. The SMILES string of the molecule is c1cc(-c2ccc(-c3cccc4c3Sc3ccccc3[Si]4(c3ccc(-n4c5ccccc5c5ccccc54)cc3)c3ccc4c(c3)sc3ccccc34)cc2)cc(-n2c3ccccc3c3ccccc32)c1. The van der Waals surface area contributed by atoms with Crippen molar-refractivity contribution in [2.75, 3.05) is 0 Å². The van der Waals surface area contributed by atoms with E-state index in [1.165, 1.54) is 122 Å². The molecule has 0 amide bonds. The van der Waals surface area contributed by atoms with Crippen LogP contribution in [0.1, 0.15) is 0 Å². The van der Waals surface area contributed by atoms with Crippen LogP contribution in [0.2, 0.25) is 0 Å². The van der Waals surface area contributed by atoms with E-state index in [1.54, 1.807) is 0 Å². The first-order valence-corrected chi connectivity index (χ1v) is 28.0. The van der Waals surface area contributed by atoms with Crippen LogP contribution in [-0.2, 0) is 0 Å². The summed E-state index contributed by atoms with van der Waals surface area (Å²) in [6.07, 6.45) is 0. The van der Waals surface area contributed by atoms with Gasteiger partial charge in [-0.25, -0.2) is 0 Å². The molecule has 71 heavy (non-hydrogen) atoms. The zero-order valence-electron chi connectivity index (χ0n) is 38.5. The third-order valence-corrected chi connectivity index (χ3v) is 22.6. The Morgan fingerprint density at radius 3 is 1.51 bits per heavy atom. The van der Waals surface area contributed by atoms with E-state index in [9.17, 15) is 0 Å². The molecule has 0 fully saturated rings. The molecular weight excluding hydrogens is 913 g/mol. The summed E-state index contributed by atoms with van der Waals surface area (Å²) in [5, 5.41) is 13.4. The molecule has 5 heteroatoms. The Morgan fingerprint density at radius 2 is 0.831 bits per heavy atom. The van der Waals surface area contributed by atoms with Crippen LogP contribution in [-0.4, -0.2) is 17.2 Å². The normalized spacial score (nSPS) is 14.5. The molecule has 15 rings (SSSR count). The van der Waals surface area contributed by atoms with Crippen molar-refractivity contribution < 1.29 is 0 Å². The summed E-state index contributed by atoms with van der Waals surface area (Å²) < 4.78 is 7.51. The topological polar surface area (TPSA) is 9.86 Å². The number of rotatable bonds is 6. The molecule has 2 nitrogen and oxygen atoms in total. The zero-order valence-corrected chi connectivity index (χ0v) is 41.1. The number of nitrogens with zero attached hydrogens (tertiary/aromatic N) is 2. The molecule has 3 aromatic heterocycles. The molecule has 4 heterocycles. The Kier molecular flexibility index (Phi) is 9.12. The highest BCUT2D eigenvalue weighted by Crippen LogP contribution is 2.42. The van der Waals surface area contributed by atoms with Gasteiger partial charge in [0.2, 0.25) is 0 Å². The van der Waals surface area contributed by atoms with Crippen LogP contribution in [0.4, 0.5) is 0 Å². The van der Waals surface area contributed by atoms with Gasteiger partial charge in [-0.05, 0) is 110 Å². The highest BCUT2D eigenvalue weighted by molar-refractivity contribution is 8.00. The summed E-state index contributed by atoms with van der Waals surface area (Å²) in [6, 6.07) is 95.8. The van der Waals surface area contributed by atoms with Gasteiger partial charge >= 0.3 is 0 Å². The third-order valence-electron chi connectivity index (χ3n) is 15.1. The van der Waals surface area contributed by atoms with Crippen LogP contribution in [0, 0.1) is 0 Å². The molecule has 0 bridgehead atoms. The smallest absolute Gasteiger partial charge is 0.181 e. The lowest BCUT2D eigenvalue weighted by Gasteiger charge is -2.40. The molecule has 332 valence electrons. The summed E-state index contributed by atoms with van der Waals surface area (Å²) in [5.74, 6) is 0. The first kappa shape index (κ1) is 40.7. The van der Waals surface area contributed by atoms with Crippen molar-refractivity contribution in [2.45, 2.75) is 9.79 Å². The van der Waals surface area contributed by atoms with Gasteiger partial charge in [-0.15, -0.1) is 11.3 Å². The molecule has 0 saturated heterocycles. The van der Waals surface area contributed by atoms with Gasteiger partial charge in [0.1, 0.15) is 0 Å². The number of aromatic nitrogens is 2. The van der Waals surface area contributed by atoms with Crippen molar-refractivity contribution in [3.63, 3.8) is 0 Å². The van der Waals surface area contributed by atoms with Crippen molar-refractivity contribution >= 4 is 116 Å². The van der Waals surface area contributed by atoms with E-state index in [0.717, 1.165) is 5.69 Å². The molecule has 1 aliphatic rings. The van der Waals surface area contributed by atoms with Gasteiger partial charge in [0.05, 0.1) is 22.1 Å². The molecule has 0 radical (unpaired) electrons. The lowest BCUT2D eigenvalue weighted by atomic mass is 10.00. The molecule has 1 aliphatic heterocycles. The van der Waals surface area contributed by atoms with E-state index in [2.05, 4.69) is 264 Å². The maximum Gasteiger partial charge on any atom is 0.181 e. The Balaban J connectivity index is 0.902. The highest BCUT2D eigenvalue weighted by Gasteiger charge is 2.47. The third kappa shape index (κ3) is 6.07. The van der Waals surface area contributed by atoms with Crippen molar-refractivity contribution in [1.82, 2.24) is 9.13 Å². The lowest BCUT2D eigenvalue weighted by molar-refractivity contribution is 1.18. The van der Waals surface area contributed by atoms with E-state index in [-0.39, 0.29) is 0 Å². The molecule has 14 aromatic rings. The largest absolute Gasteiger partial charge is 0.309 e. The Bertz CT molecular complexity index is 4340. The summed E-state index contributed by atoms with van der Waals surface area (Å²) in [4.78, 5) is 2.68. The molecule has 1 atom stereocenters. The van der Waals surface area contributed by atoms with E-state index < -0.39 is 8.07 Å². The van der Waals surface area contributed by atoms with Gasteiger partial charge in [0, 0.05) is 62.9 Å². The first-order chi connectivity index (χ1) is 35.2. The molecular formula is C66H42N2S2Si. The molecule has 0 aliphatic carbocycles. The average Bonchev–Trinajstić information content (AvgIpc) is 4.10. The van der Waals surface area contributed by atoms with Gasteiger partial charge in [0.15, 0.2) is 8.07 Å². The average molecular weight is 955 g/mol. The molecule has 0 spiro atoms. The van der Waals surface area contributed by atoms with Gasteiger partial charge < -0.3 is 9.13 Å². The van der Waals surface area contributed by atoms with Crippen molar-refractivity contribution in [2.24, 2.45) is 0 Å². The van der Waals surface area contributed by atoms with Gasteiger partial charge in [0.25, 0.3) is 0 Å². The minimum atomic E-state index is -2.98. The second-order valence-corrected chi connectivity index (χ2v) is 24.6. The number of fused-ring (bicyclic) bond motifs is 11. The second-order valence-electron chi connectivity index (χ2n) is 18.8. The summed E-state index contributed by atoms with van der Waals surface area (Å²) in [5.41, 5.74) is 12.1. The molecule has 0 N–H and O–H groups in total. The summed E-state index contributed by atoms with van der Waals surface area (Å²) in [7, 11) is -2.98. The zero-order chi connectivity index (χ0) is 46.6. The predicted octanol–water partition coefficient (Wildman–Crippen LogP) is 15.4. The Hall–Kier alpha value is -8.19. The second kappa shape index (κ2) is 15.9. The van der Waals surface area contributed by atoms with Crippen molar-refractivity contribution in [1.29, 1.82) is 0 Å². The fourth-order valence-electron chi connectivity index (χ4n) is 12.0. The van der Waals surface area contributed by atoms with Gasteiger partial charge in [-0.3, -0.25) is 0 Å². The predicted molar refractivity (Wildman–Crippen MR) is 307 cm³/mol. The molecule has 11 aromatic carbocycles. The standard InChI is InChI=1S/C66H42N2S2Si/c1-6-23-57-51(17-1)52-18-2-7-24-58(52)67(57)46-35-37-48(38-36-46)71(49-39-40-56-55-21-5-10-27-61(55)69-63(56)42-49)64-29-12-11-28-62(64)70-66-50(22-14-30-65(66)71)44-33-31-43(32-34-44)45-15-13-16-47(41-45)68-59-25-8-3-19-53(59)54-20-4-9-26-60(54)68/h1-42H. The number of thiophene rings is 1. The number of hydrogen-bond donors (Lipinski definition) is 0. The molecule has 1 unspecified atom stereocenters. The van der Waals surface area contributed by atoms with Crippen molar-refractivity contribution in [3.8, 4) is 33.6 Å².